The van der Waals surface area contributed by atoms with Gasteiger partial charge in [0.2, 0.25) is 5.69 Å². The zero-order valence-electron chi connectivity index (χ0n) is 14.5. The molecule has 0 saturated heterocycles. The molecule has 0 bridgehead atoms. The van der Waals surface area contributed by atoms with Crippen LogP contribution >= 0.6 is 0 Å². The number of rotatable bonds is 2. The maximum atomic E-state index is 7.38. The highest BCUT2D eigenvalue weighted by molar-refractivity contribution is 5.65. The largest absolute Gasteiger partial charge is 0.215 e. The molecule has 0 saturated carbocycles. The summed E-state index contributed by atoms with van der Waals surface area (Å²) in [4.78, 5) is 0. The minimum Gasteiger partial charge on any atom is -0.201 e. The van der Waals surface area contributed by atoms with Crippen molar-refractivity contribution in [1.82, 2.24) is 0 Å². The smallest absolute Gasteiger partial charge is 0.201 e. The Hall–Kier alpha value is -1.63. The highest BCUT2D eigenvalue weighted by Crippen LogP contribution is 2.25. The first-order valence-electron chi connectivity index (χ1n) is 7.75. The average Bonchev–Trinajstić information content (AvgIpc) is 2.35. The van der Waals surface area contributed by atoms with Gasteiger partial charge < -0.3 is 0 Å². The van der Waals surface area contributed by atoms with E-state index in [1.165, 1.54) is 16.8 Å². The lowest BCUT2D eigenvalue weighted by molar-refractivity contribution is -0.660. The van der Waals surface area contributed by atoms with Crippen LogP contribution in [0.3, 0.4) is 0 Å². The van der Waals surface area contributed by atoms with Crippen LogP contribution in [0.2, 0.25) is 0 Å². The van der Waals surface area contributed by atoms with E-state index in [-0.39, 0.29) is 6.42 Å². The lowest BCUT2D eigenvalue weighted by Gasteiger charge is -2.10. The molecule has 0 atom stereocenters. The standard InChI is InChI=1S/C17H22N/c1-6-15-7-8-16(13(3)11-15)17-14(4)12(2)9-10-18(17)5/h7-11H,6H2,1-5H3/q+1/i1D3. The summed E-state index contributed by atoms with van der Waals surface area (Å²) < 4.78 is 24.3. The maximum absolute atomic E-state index is 7.38. The molecule has 0 aliphatic heterocycles. The molecule has 1 aromatic heterocycles. The molecule has 1 heteroatoms. The molecular formula is C17H22N+. The first kappa shape index (κ1) is 9.32. The minimum absolute atomic E-state index is 0.118. The molecule has 1 heterocycles. The van der Waals surface area contributed by atoms with E-state index in [1.807, 2.05) is 32.2 Å². The molecule has 0 amide bonds. The summed E-state index contributed by atoms with van der Waals surface area (Å²) in [7, 11) is 2.04. The van der Waals surface area contributed by atoms with Crippen molar-refractivity contribution in [1.29, 1.82) is 0 Å². The summed E-state index contributed by atoms with van der Waals surface area (Å²) in [6.07, 6.45) is 2.18. The van der Waals surface area contributed by atoms with Gasteiger partial charge in [0.05, 0.1) is 0 Å². The molecule has 94 valence electrons. The van der Waals surface area contributed by atoms with Gasteiger partial charge in [0.25, 0.3) is 0 Å². The molecule has 1 aromatic carbocycles. The summed E-state index contributed by atoms with van der Waals surface area (Å²) in [5, 5.41) is 0. The molecular weight excluding hydrogens is 218 g/mol. The first-order valence-corrected chi connectivity index (χ1v) is 6.25. The second-order valence-electron chi connectivity index (χ2n) is 4.91. The number of aryl methyl sites for hydroxylation is 4. The number of pyridine rings is 1. The van der Waals surface area contributed by atoms with Crippen molar-refractivity contribution in [3.05, 3.63) is 52.7 Å². The van der Waals surface area contributed by atoms with E-state index in [0.29, 0.717) is 0 Å². The van der Waals surface area contributed by atoms with E-state index >= 15 is 0 Å². The van der Waals surface area contributed by atoms with Crippen LogP contribution in [-0.2, 0) is 13.5 Å². The van der Waals surface area contributed by atoms with Crippen molar-refractivity contribution >= 4 is 0 Å². The summed E-state index contributed by atoms with van der Waals surface area (Å²) >= 11 is 0. The van der Waals surface area contributed by atoms with Gasteiger partial charge in [-0.15, -0.1) is 0 Å². The number of benzene rings is 1. The summed E-state index contributed by atoms with van der Waals surface area (Å²) in [6.45, 7) is 4.36. The molecule has 2 rings (SSSR count). The zero-order chi connectivity index (χ0) is 15.8. The third kappa shape index (κ3) is 2.17. The fourth-order valence-corrected chi connectivity index (χ4v) is 2.37. The fourth-order valence-electron chi connectivity index (χ4n) is 2.37. The van der Waals surface area contributed by atoms with Gasteiger partial charge in [-0.25, -0.2) is 4.57 Å². The predicted octanol–water partition coefficient (Wildman–Crippen LogP) is 3.67. The monoisotopic (exact) mass is 243 g/mol. The Balaban J connectivity index is 2.50. The fraction of sp³-hybridized carbons (Fsp3) is 0.353. The average molecular weight is 243 g/mol. The lowest BCUT2D eigenvalue weighted by atomic mass is 9.96. The van der Waals surface area contributed by atoms with Gasteiger partial charge in [-0.3, -0.25) is 0 Å². The van der Waals surface area contributed by atoms with Crippen LogP contribution in [0.1, 0.15) is 33.2 Å². The Morgan fingerprint density at radius 1 is 1.11 bits per heavy atom. The van der Waals surface area contributed by atoms with Crippen LogP contribution in [0, 0.1) is 20.8 Å². The molecule has 0 radical (unpaired) electrons. The van der Waals surface area contributed by atoms with Crippen LogP contribution in [0.15, 0.2) is 30.5 Å². The summed E-state index contributed by atoms with van der Waals surface area (Å²) in [5.74, 6) is 0. The summed E-state index contributed by atoms with van der Waals surface area (Å²) in [6, 6.07) is 8.06. The SMILES string of the molecule is [2H]C([2H])([2H])Cc1ccc(-c2c(C)c(C)cc[n+]2C)c(C)c1. The van der Waals surface area contributed by atoms with Crippen LogP contribution in [0.5, 0.6) is 0 Å². The second kappa shape index (κ2) is 4.93. The first-order chi connectivity index (χ1) is 9.69. The molecule has 18 heavy (non-hydrogen) atoms. The van der Waals surface area contributed by atoms with Crippen molar-refractivity contribution in [3.8, 4) is 11.3 Å². The molecule has 0 aliphatic rings. The van der Waals surface area contributed by atoms with Crippen LogP contribution < -0.4 is 4.57 Å². The van der Waals surface area contributed by atoms with E-state index in [2.05, 4.69) is 30.7 Å². The van der Waals surface area contributed by atoms with Gasteiger partial charge in [0.15, 0.2) is 6.20 Å². The Morgan fingerprint density at radius 3 is 2.56 bits per heavy atom. The van der Waals surface area contributed by atoms with Crippen molar-refractivity contribution in [2.24, 2.45) is 7.05 Å². The highest BCUT2D eigenvalue weighted by Gasteiger charge is 2.16. The Kier molecular flexibility index (Phi) is 2.55. The van der Waals surface area contributed by atoms with Crippen LogP contribution in [0.25, 0.3) is 11.3 Å². The van der Waals surface area contributed by atoms with Crippen molar-refractivity contribution in [2.45, 2.75) is 34.0 Å². The molecule has 1 nitrogen and oxygen atoms in total. The van der Waals surface area contributed by atoms with E-state index in [0.717, 1.165) is 16.7 Å². The van der Waals surface area contributed by atoms with Crippen LogP contribution in [0.4, 0.5) is 0 Å². The van der Waals surface area contributed by atoms with E-state index in [9.17, 15) is 0 Å². The second-order valence-corrected chi connectivity index (χ2v) is 4.91. The topological polar surface area (TPSA) is 3.88 Å². The third-order valence-corrected chi connectivity index (χ3v) is 3.60. The third-order valence-electron chi connectivity index (χ3n) is 3.60. The summed E-state index contributed by atoms with van der Waals surface area (Å²) in [5.41, 5.74) is 6.84. The molecule has 0 spiro atoms. The Bertz CT molecular complexity index is 672. The molecule has 2 aromatic rings. The van der Waals surface area contributed by atoms with Gasteiger partial charge in [-0.1, -0.05) is 19.0 Å². The van der Waals surface area contributed by atoms with E-state index < -0.39 is 6.85 Å². The maximum Gasteiger partial charge on any atom is 0.215 e. The van der Waals surface area contributed by atoms with Crippen molar-refractivity contribution in [2.75, 3.05) is 0 Å². The minimum atomic E-state index is -1.92. The van der Waals surface area contributed by atoms with Crippen molar-refractivity contribution in [3.63, 3.8) is 0 Å². The quantitative estimate of drug-likeness (QED) is 0.709. The molecule has 0 N–H and O–H groups in total. The van der Waals surface area contributed by atoms with Gasteiger partial charge in [0, 0.05) is 21.3 Å². The van der Waals surface area contributed by atoms with E-state index in [4.69, 9.17) is 4.11 Å². The van der Waals surface area contributed by atoms with Gasteiger partial charge >= 0.3 is 0 Å². The highest BCUT2D eigenvalue weighted by atomic mass is 14.9. The number of hydrogen-bond donors (Lipinski definition) is 0. The molecule has 0 aliphatic carbocycles. The lowest BCUT2D eigenvalue weighted by Crippen LogP contribution is -2.32. The normalized spacial score (nSPS) is 13.9. The van der Waals surface area contributed by atoms with Crippen LogP contribution in [-0.4, -0.2) is 0 Å². The van der Waals surface area contributed by atoms with Gasteiger partial charge in [0.1, 0.15) is 7.05 Å². The Labute approximate surface area is 114 Å². The van der Waals surface area contributed by atoms with Gasteiger partial charge in [-0.05, 0) is 49.9 Å². The number of hydrogen-bond acceptors (Lipinski definition) is 0. The number of nitrogens with zero attached hydrogens (tertiary/aromatic N) is 1. The van der Waals surface area contributed by atoms with Gasteiger partial charge in [-0.2, -0.15) is 0 Å². The predicted molar refractivity (Wildman–Crippen MR) is 76.6 cm³/mol. The van der Waals surface area contributed by atoms with Crippen molar-refractivity contribution < 1.29 is 8.68 Å². The van der Waals surface area contributed by atoms with E-state index in [1.54, 1.807) is 0 Å². The Morgan fingerprint density at radius 2 is 1.89 bits per heavy atom. The molecule has 0 unspecified atom stereocenters. The number of aromatic nitrogens is 1. The zero-order valence-corrected chi connectivity index (χ0v) is 11.5. The molecule has 0 fully saturated rings.